The molecule has 0 fully saturated rings. The molecule has 0 radical (unpaired) electrons. The Bertz CT molecular complexity index is 608. The van der Waals surface area contributed by atoms with Gasteiger partial charge in [0.05, 0.1) is 12.8 Å². The zero-order valence-electron chi connectivity index (χ0n) is 9.73. The third-order valence-corrected chi connectivity index (χ3v) is 2.12. The number of rotatable bonds is 2. The highest BCUT2D eigenvalue weighted by Crippen LogP contribution is 2.27. The summed E-state index contributed by atoms with van der Waals surface area (Å²) in [4.78, 5) is 15.0. The van der Waals surface area contributed by atoms with Gasteiger partial charge in [0.25, 0.3) is 0 Å². The van der Waals surface area contributed by atoms with Crippen molar-refractivity contribution in [3.63, 3.8) is 0 Å². The molecule has 2 heterocycles. The van der Waals surface area contributed by atoms with Crippen molar-refractivity contribution in [3.05, 3.63) is 24.0 Å². The molecule has 0 spiro atoms. The Labute approximate surface area is 105 Å². The zero-order valence-corrected chi connectivity index (χ0v) is 9.73. The summed E-state index contributed by atoms with van der Waals surface area (Å²) in [5.41, 5.74) is -0.861. The molecule has 102 valence electrons. The Kier molecular flexibility index (Phi) is 3.28. The third-order valence-electron chi connectivity index (χ3n) is 2.12. The average Bonchev–Trinajstić information content (AvgIpc) is 2.68. The summed E-state index contributed by atoms with van der Waals surface area (Å²) in [7, 11) is 0. The number of carbonyl (C=O) groups excluding carboxylic acids is 1. The number of aromatic nitrogens is 3. The zero-order chi connectivity index (χ0) is 14.0. The average molecular weight is 274 g/mol. The highest BCUT2D eigenvalue weighted by atomic mass is 19.4. The lowest BCUT2D eigenvalue weighted by Gasteiger charge is -2.04. The van der Waals surface area contributed by atoms with E-state index in [1.54, 1.807) is 6.92 Å². The number of carbonyl (C=O) groups is 1. The van der Waals surface area contributed by atoms with Crippen LogP contribution >= 0.6 is 0 Å². The molecule has 0 aromatic carbocycles. The van der Waals surface area contributed by atoms with Crippen LogP contribution in [0.5, 0.6) is 0 Å². The molecule has 0 atom stereocenters. The summed E-state index contributed by atoms with van der Waals surface area (Å²) in [5.74, 6) is 0.0604. The van der Waals surface area contributed by atoms with Crippen LogP contribution in [0.25, 0.3) is 5.65 Å². The van der Waals surface area contributed by atoms with Crippen LogP contribution in [0.4, 0.5) is 23.8 Å². The Morgan fingerprint density at radius 2 is 2.21 bits per heavy atom. The first-order chi connectivity index (χ1) is 8.90. The predicted octanol–water partition coefficient (Wildman–Crippen LogP) is 2.32. The van der Waals surface area contributed by atoms with E-state index in [0.29, 0.717) is 0 Å². The fraction of sp³-hybridized carbons (Fsp3) is 0.300. The lowest BCUT2D eigenvalue weighted by Crippen LogP contribution is -2.13. The van der Waals surface area contributed by atoms with Crippen molar-refractivity contribution in [2.24, 2.45) is 0 Å². The third kappa shape index (κ3) is 2.92. The van der Waals surface area contributed by atoms with Crippen LogP contribution in [0.15, 0.2) is 18.3 Å². The smallest absolute Gasteiger partial charge is 0.435 e. The minimum absolute atomic E-state index is 0.0604. The van der Waals surface area contributed by atoms with Gasteiger partial charge in [0.2, 0.25) is 0 Å². The molecule has 0 saturated heterocycles. The molecule has 0 aliphatic carbocycles. The van der Waals surface area contributed by atoms with Crippen molar-refractivity contribution in [2.45, 2.75) is 13.1 Å². The van der Waals surface area contributed by atoms with Crippen LogP contribution in [-0.4, -0.2) is 27.3 Å². The van der Waals surface area contributed by atoms with E-state index < -0.39 is 18.0 Å². The van der Waals surface area contributed by atoms with Crippen LogP contribution in [0.2, 0.25) is 0 Å². The number of nitrogens with one attached hydrogen (secondary N) is 1. The van der Waals surface area contributed by atoms with E-state index in [2.05, 4.69) is 20.1 Å². The monoisotopic (exact) mass is 274 g/mol. The molecule has 2 aromatic rings. The van der Waals surface area contributed by atoms with E-state index in [9.17, 15) is 18.0 Å². The molecule has 0 saturated carbocycles. The molecule has 19 heavy (non-hydrogen) atoms. The molecule has 0 aliphatic rings. The number of alkyl halides is 3. The molecule has 1 N–H and O–H groups in total. The Hall–Kier alpha value is -2.32. The number of imidazole rings is 1. The molecule has 0 aliphatic heterocycles. The van der Waals surface area contributed by atoms with Gasteiger partial charge < -0.3 is 4.74 Å². The van der Waals surface area contributed by atoms with Gasteiger partial charge in [-0.15, -0.1) is 0 Å². The lowest BCUT2D eigenvalue weighted by atomic mass is 10.4. The van der Waals surface area contributed by atoms with Crippen molar-refractivity contribution >= 4 is 17.6 Å². The van der Waals surface area contributed by atoms with E-state index in [-0.39, 0.29) is 18.1 Å². The molecule has 2 rings (SSSR count). The van der Waals surface area contributed by atoms with Gasteiger partial charge in [0, 0.05) is 0 Å². The van der Waals surface area contributed by atoms with Crippen LogP contribution in [0, 0.1) is 0 Å². The van der Waals surface area contributed by atoms with Crippen molar-refractivity contribution < 1.29 is 22.7 Å². The molecule has 0 bridgehead atoms. The molecule has 0 unspecified atom stereocenters. The first-order valence-electron chi connectivity index (χ1n) is 5.27. The van der Waals surface area contributed by atoms with E-state index in [1.165, 1.54) is 6.20 Å². The summed E-state index contributed by atoms with van der Waals surface area (Å²) in [5, 5.41) is 5.63. The Morgan fingerprint density at radius 1 is 1.47 bits per heavy atom. The van der Waals surface area contributed by atoms with E-state index in [1.807, 2.05) is 0 Å². The number of hydrogen-bond donors (Lipinski definition) is 1. The van der Waals surface area contributed by atoms with E-state index in [0.717, 1.165) is 16.6 Å². The molecular weight excluding hydrogens is 265 g/mol. The molecule has 6 nitrogen and oxygen atoms in total. The number of fused-ring (bicyclic) bond motifs is 1. The standard InChI is InChI=1S/C10H9F3N4O2/c1-2-19-9(18)15-7-5-17-8(14-7)4-3-6(16-17)10(11,12)13/h3-5H,2H2,1H3,(H,15,18). The van der Waals surface area contributed by atoms with Crippen molar-refractivity contribution in [1.29, 1.82) is 0 Å². The first kappa shape index (κ1) is 13.1. The minimum atomic E-state index is -4.53. The fourth-order valence-electron chi connectivity index (χ4n) is 1.37. The summed E-state index contributed by atoms with van der Waals surface area (Å²) in [6.45, 7) is 1.80. The van der Waals surface area contributed by atoms with E-state index in [4.69, 9.17) is 0 Å². The molecule has 9 heteroatoms. The molecule has 1 amide bonds. The highest BCUT2D eigenvalue weighted by Gasteiger charge is 2.33. The van der Waals surface area contributed by atoms with Gasteiger partial charge in [-0.05, 0) is 19.1 Å². The Morgan fingerprint density at radius 3 is 2.84 bits per heavy atom. The maximum absolute atomic E-state index is 12.4. The van der Waals surface area contributed by atoms with Gasteiger partial charge in [-0.1, -0.05) is 0 Å². The molecule has 2 aromatic heterocycles. The number of hydrogen-bond acceptors (Lipinski definition) is 4. The van der Waals surface area contributed by atoms with Gasteiger partial charge in [0.1, 0.15) is 0 Å². The summed E-state index contributed by atoms with van der Waals surface area (Å²) >= 11 is 0. The quantitative estimate of drug-likeness (QED) is 0.912. The van der Waals surface area contributed by atoms with Crippen molar-refractivity contribution in [3.8, 4) is 0 Å². The summed E-state index contributed by atoms with van der Waals surface area (Å²) < 4.78 is 42.9. The SMILES string of the molecule is CCOC(=O)Nc1cn2nc(C(F)(F)F)ccc2n1. The maximum Gasteiger partial charge on any atom is 0.435 e. The second-order valence-electron chi connectivity index (χ2n) is 3.49. The largest absolute Gasteiger partial charge is 0.450 e. The summed E-state index contributed by atoms with van der Waals surface area (Å²) in [6, 6.07) is 1.97. The van der Waals surface area contributed by atoms with E-state index >= 15 is 0 Å². The predicted molar refractivity (Wildman–Crippen MR) is 58.6 cm³/mol. The Balaban J connectivity index is 2.28. The van der Waals surface area contributed by atoms with Gasteiger partial charge in [-0.3, -0.25) is 5.32 Å². The van der Waals surface area contributed by atoms with Gasteiger partial charge in [-0.25, -0.2) is 14.3 Å². The van der Waals surface area contributed by atoms with Crippen LogP contribution in [0.1, 0.15) is 12.6 Å². The lowest BCUT2D eigenvalue weighted by molar-refractivity contribution is -0.141. The maximum atomic E-state index is 12.4. The second-order valence-corrected chi connectivity index (χ2v) is 3.49. The first-order valence-corrected chi connectivity index (χ1v) is 5.27. The van der Waals surface area contributed by atoms with Gasteiger partial charge >= 0.3 is 12.3 Å². The normalized spacial score (nSPS) is 11.6. The number of ether oxygens (including phenoxy) is 1. The fourth-order valence-corrected chi connectivity index (χ4v) is 1.37. The van der Waals surface area contributed by atoms with Crippen LogP contribution in [0.3, 0.4) is 0 Å². The summed E-state index contributed by atoms with van der Waals surface area (Å²) in [6.07, 6.45) is -4.10. The van der Waals surface area contributed by atoms with Crippen molar-refractivity contribution in [2.75, 3.05) is 11.9 Å². The number of anilines is 1. The van der Waals surface area contributed by atoms with Crippen LogP contribution in [-0.2, 0) is 10.9 Å². The van der Waals surface area contributed by atoms with Gasteiger partial charge in [0.15, 0.2) is 17.2 Å². The number of nitrogens with zero attached hydrogens (tertiary/aromatic N) is 3. The van der Waals surface area contributed by atoms with Crippen molar-refractivity contribution in [1.82, 2.24) is 14.6 Å². The highest BCUT2D eigenvalue weighted by molar-refractivity contribution is 5.83. The number of amides is 1. The van der Waals surface area contributed by atoms with Crippen LogP contribution < -0.4 is 5.32 Å². The molecular formula is C10H9F3N4O2. The second kappa shape index (κ2) is 4.75. The topological polar surface area (TPSA) is 68.5 Å². The number of halogens is 3. The van der Waals surface area contributed by atoms with Gasteiger partial charge in [-0.2, -0.15) is 18.3 Å². The minimum Gasteiger partial charge on any atom is -0.450 e.